The van der Waals surface area contributed by atoms with Crippen LogP contribution < -0.4 is 4.90 Å². The lowest BCUT2D eigenvalue weighted by molar-refractivity contribution is -0.384. The van der Waals surface area contributed by atoms with E-state index in [1.807, 2.05) is 0 Å². The Labute approximate surface area is 170 Å². The van der Waals surface area contributed by atoms with Crippen LogP contribution in [0.2, 0.25) is 0 Å². The Morgan fingerprint density at radius 2 is 1.90 bits per heavy atom. The molecule has 30 heavy (non-hydrogen) atoms. The summed E-state index contributed by atoms with van der Waals surface area (Å²) in [6.45, 7) is 2.47. The first kappa shape index (κ1) is 19.4. The third-order valence-electron chi connectivity index (χ3n) is 4.94. The molecule has 0 radical (unpaired) electrons. The molecule has 1 atom stereocenters. The van der Waals surface area contributed by atoms with E-state index in [0.29, 0.717) is 30.0 Å². The number of fused-ring (bicyclic) bond motifs is 1. The van der Waals surface area contributed by atoms with Crippen molar-refractivity contribution in [1.29, 1.82) is 0 Å². The van der Waals surface area contributed by atoms with Gasteiger partial charge in [-0.05, 0) is 24.6 Å². The molecule has 3 aromatic rings. The third-order valence-corrected chi connectivity index (χ3v) is 4.94. The highest BCUT2D eigenvalue weighted by molar-refractivity contribution is 6.23. The number of ketones is 1. The molecular weight excluding hydrogens is 390 g/mol. The summed E-state index contributed by atoms with van der Waals surface area (Å²) in [5.41, 5.74) is 2.68. The van der Waals surface area contributed by atoms with Gasteiger partial charge in [-0.2, -0.15) is 0 Å². The molecule has 1 amide bonds. The minimum atomic E-state index is -1.70. The second kappa shape index (κ2) is 7.48. The van der Waals surface area contributed by atoms with E-state index in [1.165, 1.54) is 17.0 Å². The van der Waals surface area contributed by atoms with Gasteiger partial charge in [0.25, 0.3) is 11.6 Å². The standard InChI is InChI=1S/C20H17N5O5/c1-2-24-17-8-5-13(9-15(17)18(26)19(27)20(24)28)16-11-23(22-21-16)10-12-3-6-14(7-4-12)25(29)30/h3-9,11,19,27H,2,10H2,1H3. The van der Waals surface area contributed by atoms with Gasteiger partial charge in [0.1, 0.15) is 5.69 Å². The number of aromatic nitrogens is 3. The molecule has 10 heteroatoms. The minimum absolute atomic E-state index is 0.0125. The maximum atomic E-state index is 12.4. The Kier molecular flexibility index (Phi) is 4.84. The summed E-state index contributed by atoms with van der Waals surface area (Å²) in [5, 5.41) is 28.9. The summed E-state index contributed by atoms with van der Waals surface area (Å²) in [4.78, 5) is 36.2. The van der Waals surface area contributed by atoms with Crippen LogP contribution in [0.1, 0.15) is 22.8 Å². The number of aliphatic hydroxyl groups excluding tert-OH is 1. The number of non-ortho nitro benzene ring substituents is 1. The number of carbonyl (C=O) groups is 2. The van der Waals surface area contributed by atoms with Crippen LogP contribution in [0.4, 0.5) is 11.4 Å². The van der Waals surface area contributed by atoms with E-state index >= 15 is 0 Å². The highest BCUT2D eigenvalue weighted by Crippen LogP contribution is 2.31. The zero-order chi connectivity index (χ0) is 21.4. The number of benzene rings is 2. The molecular formula is C20H17N5O5. The number of anilines is 1. The number of aliphatic hydroxyl groups is 1. The SMILES string of the molecule is CCN1C(=O)C(O)C(=O)c2cc(-c3cn(Cc4ccc([N+](=O)[O-])cc4)nn3)ccc21. The highest BCUT2D eigenvalue weighted by Gasteiger charge is 2.37. The quantitative estimate of drug-likeness (QED) is 0.388. The van der Waals surface area contributed by atoms with Gasteiger partial charge in [0.2, 0.25) is 5.78 Å². The molecule has 2 aromatic carbocycles. The first-order valence-electron chi connectivity index (χ1n) is 9.20. The normalized spacial score (nSPS) is 15.9. The number of Topliss-reactive ketones (excluding diaryl/α,β-unsaturated/α-hetero) is 1. The Morgan fingerprint density at radius 1 is 1.17 bits per heavy atom. The second-order valence-electron chi connectivity index (χ2n) is 6.81. The molecule has 1 unspecified atom stereocenters. The van der Waals surface area contributed by atoms with Crippen LogP contribution in [0.3, 0.4) is 0 Å². The van der Waals surface area contributed by atoms with Crippen LogP contribution in [-0.2, 0) is 11.3 Å². The second-order valence-corrected chi connectivity index (χ2v) is 6.81. The number of amides is 1. The van der Waals surface area contributed by atoms with Crippen LogP contribution in [0.25, 0.3) is 11.3 Å². The van der Waals surface area contributed by atoms with Gasteiger partial charge in [-0.3, -0.25) is 19.7 Å². The zero-order valence-electron chi connectivity index (χ0n) is 15.9. The molecule has 1 aromatic heterocycles. The summed E-state index contributed by atoms with van der Waals surface area (Å²) < 4.78 is 1.58. The molecule has 0 spiro atoms. The fraction of sp³-hybridized carbons (Fsp3) is 0.200. The fourth-order valence-corrected chi connectivity index (χ4v) is 3.40. The van der Waals surface area contributed by atoms with E-state index in [1.54, 1.807) is 48.1 Å². The minimum Gasteiger partial charge on any atom is -0.376 e. The number of hydrogen-bond acceptors (Lipinski definition) is 7. The molecule has 0 bridgehead atoms. The van der Waals surface area contributed by atoms with E-state index in [0.717, 1.165) is 5.56 Å². The first-order valence-corrected chi connectivity index (χ1v) is 9.20. The van der Waals surface area contributed by atoms with Crippen LogP contribution in [0, 0.1) is 10.1 Å². The summed E-state index contributed by atoms with van der Waals surface area (Å²) in [6, 6.07) is 11.1. The lowest BCUT2D eigenvalue weighted by atomic mass is 9.95. The van der Waals surface area contributed by atoms with E-state index in [2.05, 4.69) is 10.3 Å². The van der Waals surface area contributed by atoms with Crippen molar-refractivity contribution in [3.05, 3.63) is 69.9 Å². The largest absolute Gasteiger partial charge is 0.376 e. The Hall–Kier alpha value is -3.92. The molecule has 10 nitrogen and oxygen atoms in total. The fourth-order valence-electron chi connectivity index (χ4n) is 3.40. The Bertz CT molecular complexity index is 1150. The van der Waals surface area contributed by atoms with Crippen molar-refractivity contribution in [3.8, 4) is 11.3 Å². The number of likely N-dealkylation sites (N-methyl/N-ethyl adjacent to an activating group) is 1. The number of carbonyl (C=O) groups excluding carboxylic acids is 2. The summed E-state index contributed by atoms with van der Waals surface area (Å²) in [7, 11) is 0. The predicted molar refractivity (Wildman–Crippen MR) is 106 cm³/mol. The lowest BCUT2D eigenvalue weighted by Gasteiger charge is -2.30. The van der Waals surface area contributed by atoms with Gasteiger partial charge >= 0.3 is 0 Å². The van der Waals surface area contributed by atoms with Gasteiger partial charge in [-0.1, -0.05) is 23.4 Å². The molecule has 2 heterocycles. The predicted octanol–water partition coefficient (Wildman–Crippen LogP) is 1.81. The van der Waals surface area contributed by atoms with Gasteiger partial charge in [-0.15, -0.1) is 5.10 Å². The van der Waals surface area contributed by atoms with Crippen molar-refractivity contribution in [3.63, 3.8) is 0 Å². The first-order chi connectivity index (χ1) is 14.4. The number of nitrogens with zero attached hydrogens (tertiary/aromatic N) is 5. The third kappa shape index (κ3) is 3.33. The highest BCUT2D eigenvalue weighted by atomic mass is 16.6. The monoisotopic (exact) mass is 407 g/mol. The Morgan fingerprint density at radius 3 is 2.57 bits per heavy atom. The maximum Gasteiger partial charge on any atom is 0.269 e. The van der Waals surface area contributed by atoms with Gasteiger partial charge in [0.15, 0.2) is 6.10 Å². The van der Waals surface area contributed by atoms with Gasteiger partial charge in [0.05, 0.1) is 23.4 Å². The number of hydrogen-bond donors (Lipinski definition) is 1. The van der Waals surface area contributed by atoms with E-state index in [4.69, 9.17) is 0 Å². The van der Waals surface area contributed by atoms with Crippen LogP contribution in [0.15, 0.2) is 48.7 Å². The zero-order valence-corrected chi connectivity index (χ0v) is 15.9. The topological polar surface area (TPSA) is 131 Å². The molecule has 0 fully saturated rings. The number of nitro groups is 1. The number of nitro benzene ring substituents is 1. The smallest absolute Gasteiger partial charge is 0.269 e. The van der Waals surface area contributed by atoms with Crippen LogP contribution >= 0.6 is 0 Å². The molecule has 0 aliphatic carbocycles. The molecule has 0 saturated carbocycles. The maximum absolute atomic E-state index is 12.4. The van der Waals surface area contributed by atoms with Crippen LogP contribution in [-0.4, -0.2) is 49.4 Å². The lowest BCUT2D eigenvalue weighted by Crippen LogP contribution is -2.48. The molecule has 4 rings (SSSR count). The summed E-state index contributed by atoms with van der Waals surface area (Å²) >= 11 is 0. The van der Waals surface area contributed by atoms with E-state index in [9.17, 15) is 24.8 Å². The van der Waals surface area contributed by atoms with E-state index in [-0.39, 0.29) is 11.3 Å². The average molecular weight is 407 g/mol. The van der Waals surface area contributed by atoms with Gasteiger partial charge in [-0.25, -0.2) is 4.68 Å². The van der Waals surface area contributed by atoms with Crippen molar-refractivity contribution < 1.29 is 19.6 Å². The average Bonchev–Trinajstić information content (AvgIpc) is 3.21. The van der Waals surface area contributed by atoms with Crippen molar-refractivity contribution in [2.75, 3.05) is 11.4 Å². The van der Waals surface area contributed by atoms with Crippen molar-refractivity contribution in [1.82, 2.24) is 15.0 Å². The molecule has 1 aliphatic rings. The number of rotatable bonds is 5. The van der Waals surface area contributed by atoms with Gasteiger partial charge < -0.3 is 10.0 Å². The van der Waals surface area contributed by atoms with Gasteiger partial charge in [0, 0.05) is 29.8 Å². The molecule has 1 N–H and O–H groups in total. The van der Waals surface area contributed by atoms with Crippen molar-refractivity contribution in [2.45, 2.75) is 19.6 Å². The summed E-state index contributed by atoms with van der Waals surface area (Å²) in [6.07, 6.45) is -0.0131. The van der Waals surface area contributed by atoms with E-state index < -0.39 is 22.7 Å². The van der Waals surface area contributed by atoms with Crippen molar-refractivity contribution in [2.24, 2.45) is 0 Å². The Balaban J connectivity index is 1.60. The molecule has 1 aliphatic heterocycles. The van der Waals surface area contributed by atoms with Crippen LogP contribution in [0.5, 0.6) is 0 Å². The van der Waals surface area contributed by atoms with Crippen molar-refractivity contribution >= 4 is 23.1 Å². The molecule has 152 valence electrons. The summed E-state index contributed by atoms with van der Waals surface area (Å²) in [5.74, 6) is -1.27. The molecule has 0 saturated heterocycles.